The lowest BCUT2D eigenvalue weighted by molar-refractivity contribution is -0.119. The summed E-state index contributed by atoms with van der Waals surface area (Å²) in [5.41, 5.74) is 5.95. The third kappa shape index (κ3) is 5.59. The lowest BCUT2D eigenvalue weighted by Crippen LogP contribution is -2.35. The number of rotatable bonds is 6. The number of aromatic nitrogens is 2. The van der Waals surface area contributed by atoms with Crippen molar-refractivity contribution in [1.82, 2.24) is 15.4 Å². The van der Waals surface area contributed by atoms with E-state index < -0.39 is 0 Å². The van der Waals surface area contributed by atoms with Gasteiger partial charge in [0.05, 0.1) is 5.25 Å². The van der Waals surface area contributed by atoms with Gasteiger partial charge in [-0.05, 0) is 37.3 Å². The molecule has 0 bridgehead atoms. The molecular weight excluding hydrogens is 314 g/mol. The second-order valence-corrected chi connectivity index (χ2v) is 6.07. The Bertz CT molecular complexity index is 663. The molecule has 2 aromatic rings. The summed E-state index contributed by atoms with van der Waals surface area (Å²) >= 11 is 1.41. The van der Waals surface area contributed by atoms with Crippen molar-refractivity contribution in [2.75, 3.05) is 10.7 Å². The van der Waals surface area contributed by atoms with E-state index in [0.29, 0.717) is 5.95 Å². The molecule has 0 aliphatic carbocycles. The average molecular weight is 331 g/mol. The Kier molecular flexibility index (Phi) is 5.93. The molecule has 0 aliphatic heterocycles. The van der Waals surface area contributed by atoms with E-state index in [-0.39, 0.29) is 17.1 Å². The highest BCUT2D eigenvalue weighted by molar-refractivity contribution is 8.00. The zero-order chi connectivity index (χ0) is 16.7. The van der Waals surface area contributed by atoms with E-state index in [2.05, 4.69) is 26.1 Å². The number of thioether (sulfide) groups is 1. The molecule has 120 valence electrons. The molecule has 1 atom stereocenters. The van der Waals surface area contributed by atoms with Crippen LogP contribution in [0.25, 0.3) is 0 Å². The van der Waals surface area contributed by atoms with Crippen molar-refractivity contribution in [3.05, 3.63) is 42.7 Å². The molecule has 3 N–H and O–H groups in total. The van der Waals surface area contributed by atoms with Crippen LogP contribution in [0.5, 0.6) is 0 Å². The highest BCUT2D eigenvalue weighted by Gasteiger charge is 2.14. The molecule has 0 saturated heterocycles. The van der Waals surface area contributed by atoms with Gasteiger partial charge in [0.25, 0.3) is 5.91 Å². The van der Waals surface area contributed by atoms with E-state index >= 15 is 0 Å². The fraction of sp³-hybridized carbons (Fsp3) is 0.200. The van der Waals surface area contributed by atoms with Crippen LogP contribution in [0, 0.1) is 0 Å². The summed E-state index contributed by atoms with van der Waals surface area (Å²) in [5, 5.41) is 2.39. The number of nitrogens with zero attached hydrogens (tertiary/aromatic N) is 2. The van der Waals surface area contributed by atoms with Crippen LogP contribution in [-0.4, -0.2) is 27.0 Å². The molecule has 0 unspecified atom stereocenters. The molecule has 1 aromatic carbocycles. The molecule has 1 heterocycles. The molecule has 0 radical (unpaired) electrons. The van der Waals surface area contributed by atoms with Crippen molar-refractivity contribution in [2.45, 2.75) is 24.0 Å². The maximum absolute atomic E-state index is 12.0. The number of hydrogen-bond acceptors (Lipinski definition) is 6. The van der Waals surface area contributed by atoms with Crippen LogP contribution in [0.3, 0.4) is 0 Å². The van der Waals surface area contributed by atoms with Crippen molar-refractivity contribution in [1.29, 1.82) is 0 Å². The lowest BCUT2D eigenvalue weighted by Gasteiger charge is -2.12. The van der Waals surface area contributed by atoms with E-state index in [9.17, 15) is 9.59 Å². The van der Waals surface area contributed by atoms with Crippen molar-refractivity contribution in [2.24, 2.45) is 0 Å². The summed E-state index contributed by atoms with van der Waals surface area (Å²) in [6.45, 7) is 3.26. The van der Waals surface area contributed by atoms with Gasteiger partial charge < -0.3 is 5.32 Å². The van der Waals surface area contributed by atoms with Gasteiger partial charge in [0.1, 0.15) is 0 Å². The van der Waals surface area contributed by atoms with Gasteiger partial charge in [-0.15, -0.1) is 11.8 Å². The lowest BCUT2D eigenvalue weighted by atomic mass is 10.3. The van der Waals surface area contributed by atoms with Gasteiger partial charge in [0, 0.05) is 29.9 Å². The number of anilines is 2. The standard InChI is InChI=1S/C15H17N5O2S/c1-10(14(22)19-20-15-16-8-3-9-17-15)23-13-6-4-12(5-7-13)18-11(2)21/h3-10H,1-2H3,(H,18,21)(H,19,22)(H,16,17,20)/t10-/m0/s1. The number of hydrazine groups is 1. The topological polar surface area (TPSA) is 96.0 Å². The van der Waals surface area contributed by atoms with Gasteiger partial charge in [-0.3, -0.25) is 20.4 Å². The van der Waals surface area contributed by atoms with Gasteiger partial charge >= 0.3 is 0 Å². The molecule has 1 aromatic heterocycles. The molecule has 23 heavy (non-hydrogen) atoms. The fourth-order valence-corrected chi connectivity index (χ4v) is 2.53. The van der Waals surface area contributed by atoms with Crippen LogP contribution in [0.4, 0.5) is 11.6 Å². The molecule has 0 aliphatic rings. The van der Waals surface area contributed by atoms with Crippen LogP contribution in [0.2, 0.25) is 0 Å². The van der Waals surface area contributed by atoms with Crippen molar-refractivity contribution in [3.63, 3.8) is 0 Å². The van der Waals surface area contributed by atoms with Gasteiger partial charge in [0.2, 0.25) is 11.9 Å². The summed E-state index contributed by atoms with van der Waals surface area (Å²) in [5.74, 6) is 0.0263. The van der Waals surface area contributed by atoms with E-state index in [1.54, 1.807) is 37.5 Å². The Morgan fingerprint density at radius 3 is 2.39 bits per heavy atom. The molecule has 0 saturated carbocycles. The zero-order valence-electron chi connectivity index (χ0n) is 12.7. The van der Waals surface area contributed by atoms with Gasteiger partial charge in [0.15, 0.2) is 0 Å². The monoisotopic (exact) mass is 331 g/mol. The predicted molar refractivity (Wildman–Crippen MR) is 89.9 cm³/mol. The number of nitrogens with one attached hydrogen (secondary N) is 3. The zero-order valence-corrected chi connectivity index (χ0v) is 13.6. The van der Waals surface area contributed by atoms with Gasteiger partial charge in [-0.1, -0.05) is 0 Å². The second-order valence-electron chi connectivity index (χ2n) is 4.65. The largest absolute Gasteiger partial charge is 0.326 e. The van der Waals surface area contributed by atoms with Crippen LogP contribution < -0.4 is 16.2 Å². The first-order valence-corrected chi connectivity index (χ1v) is 7.80. The minimum absolute atomic E-state index is 0.118. The van der Waals surface area contributed by atoms with Crippen LogP contribution >= 0.6 is 11.8 Å². The predicted octanol–water partition coefficient (Wildman–Crippen LogP) is 2.06. The van der Waals surface area contributed by atoms with E-state index in [4.69, 9.17) is 0 Å². The fourth-order valence-electron chi connectivity index (χ4n) is 1.66. The SMILES string of the molecule is CC(=O)Nc1ccc(S[C@@H](C)C(=O)NNc2ncccn2)cc1. The minimum Gasteiger partial charge on any atom is -0.326 e. The molecule has 8 heteroatoms. The van der Waals surface area contributed by atoms with Crippen molar-refractivity contribution >= 4 is 35.2 Å². The Labute approximate surface area is 138 Å². The third-order valence-electron chi connectivity index (χ3n) is 2.72. The first kappa shape index (κ1) is 16.8. The maximum atomic E-state index is 12.0. The Hall–Kier alpha value is -2.61. The Morgan fingerprint density at radius 1 is 1.13 bits per heavy atom. The van der Waals surface area contributed by atoms with Crippen molar-refractivity contribution in [3.8, 4) is 0 Å². The number of carbonyl (C=O) groups is 2. The Balaban J connectivity index is 1.84. The highest BCUT2D eigenvalue weighted by atomic mass is 32.2. The summed E-state index contributed by atoms with van der Waals surface area (Å²) in [4.78, 5) is 31.8. The summed E-state index contributed by atoms with van der Waals surface area (Å²) in [6, 6.07) is 8.99. The average Bonchev–Trinajstić information content (AvgIpc) is 2.55. The van der Waals surface area contributed by atoms with Gasteiger partial charge in [-0.2, -0.15) is 0 Å². The van der Waals surface area contributed by atoms with Crippen LogP contribution in [0.1, 0.15) is 13.8 Å². The number of amides is 2. The van der Waals surface area contributed by atoms with Crippen LogP contribution in [-0.2, 0) is 9.59 Å². The van der Waals surface area contributed by atoms with Crippen molar-refractivity contribution < 1.29 is 9.59 Å². The van der Waals surface area contributed by atoms with Crippen LogP contribution in [0.15, 0.2) is 47.6 Å². The van der Waals surface area contributed by atoms with E-state index in [1.807, 2.05) is 12.1 Å². The molecule has 7 nitrogen and oxygen atoms in total. The van der Waals surface area contributed by atoms with E-state index in [1.165, 1.54) is 18.7 Å². The highest BCUT2D eigenvalue weighted by Crippen LogP contribution is 2.24. The normalized spacial score (nSPS) is 11.4. The first-order valence-electron chi connectivity index (χ1n) is 6.92. The smallest absolute Gasteiger partial charge is 0.251 e. The molecule has 0 spiro atoms. The first-order chi connectivity index (χ1) is 11.0. The molecule has 0 fully saturated rings. The number of hydrogen-bond donors (Lipinski definition) is 3. The maximum Gasteiger partial charge on any atom is 0.251 e. The summed E-state index contributed by atoms with van der Waals surface area (Å²) in [6.07, 6.45) is 3.16. The quantitative estimate of drug-likeness (QED) is 0.554. The second kappa shape index (κ2) is 8.14. The summed E-state index contributed by atoms with van der Waals surface area (Å²) in [7, 11) is 0. The molecule has 2 amide bonds. The molecule has 2 rings (SSSR count). The number of carbonyl (C=O) groups excluding carboxylic acids is 2. The third-order valence-corrected chi connectivity index (χ3v) is 3.83. The molecular formula is C15H17N5O2S. The van der Waals surface area contributed by atoms with E-state index in [0.717, 1.165) is 10.6 Å². The minimum atomic E-state index is -0.308. The number of benzene rings is 1. The Morgan fingerprint density at radius 2 is 1.78 bits per heavy atom. The summed E-state index contributed by atoms with van der Waals surface area (Å²) < 4.78 is 0. The van der Waals surface area contributed by atoms with Gasteiger partial charge in [-0.25, -0.2) is 9.97 Å².